The SMILES string of the molecule is C=C[C@@](C)(O)C[C@H]1[C@]2(C)CCCC(C)(C)[C@H]2CC[C@@]1(C)O. The molecule has 21 heavy (non-hydrogen) atoms. The molecule has 0 aliphatic heterocycles. The molecule has 0 radical (unpaired) electrons. The zero-order chi connectivity index (χ0) is 16.1. The summed E-state index contributed by atoms with van der Waals surface area (Å²) in [6, 6.07) is 0. The van der Waals surface area contributed by atoms with E-state index in [1.54, 1.807) is 6.08 Å². The van der Waals surface area contributed by atoms with Crippen molar-refractivity contribution in [1.82, 2.24) is 0 Å². The molecule has 0 saturated heterocycles. The highest BCUT2D eigenvalue weighted by atomic mass is 16.3. The Labute approximate surface area is 130 Å². The lowest BCUT2D eigenvalue weighted by Gasteiger charge is -2.62. The molecule has 2 rings (SSSR count). The monoisotopic (exact) mass is 294 g/mol. The van der Waals surface area contributed by atoms with E-state index in [-0.39, 0.29) is 11.3 Å². The first-order valence-electron chi connectivity index (χ1n) is 8.53. The second-order valence-electron chi connectivity index (χ2n) is 9.11. The van der Waals surface area contributed by atoms with Crippen LogP contribution in [-0.2, 0) is 0 Å². The van der Waals surface area contributed by atoms with Crippen LogP contribution in [0.4, 0.5) is 0 Å². The molecular weight excluding hydrogens is 260 g/mol. The summed E-state index contributed by atoms with van der Waals surface area (Å²) in [6.45, 7) is 14.7. The van der Waals surface area contributed by atoms with Gasteiger partial charge in [-0.1, -0.05) is 33.3 Å². The van der Waals surface area contributed by atoms with E-state index in [1.165, 1.54) is 12.8 Å². The van der Waals surface area contributed by atoms with Crippen LogP contribution in [0.3, 0.4) is 0 Å². The van der Waals surface area contributed by atoms with E-state index in [4.69, 9.17) is 0 Å². The second kappa shape index (κ2) is 5.09. The molecule has 0 spiro atoms. The van der Waals surface area contributed by atoms with E-state index >= 15 is 0 Å². The minimum atomic E-state index is -0.902. The molecule has 2 nitrogen and oxygen atoms in total. The summed E-state index contributed by atoms with van der Waals surface area (Å²) < 4.78 is 0. The van der Waals surface area contributed by atoms with Gasteiger partial charge in [0.15, 0.2) is 0 Å². The topological polar surface area (TPSA) is 40.5 Å². The minimum absolute atomic E-state index is 0.108. The van der Waals surface area contributed by atoms with Crippen LogP contribution in [0.1, 0.15) is 73.1 Å². The Morgan fingerprint density at radius 1 is 1.19 bits per heavy atom. The molecule has 2 aliphatic carbocycles. The summed E-state index contributed by atoms with van der Waals surface area (Å²) in [7, 11) is 0. The highest BCUT2D eigenvalue weighted by molar-refractivity contribution is 5.10. The number of hydrogen-bond acceptors (Lipinski definition) is 2. The molecule has 0 aromatic carbocycles. The minimum Gasteiger partial charge on any atom is -0.390 e. The van der Waals surface area contributed by atoms with Crippen LogP contribution < -0.4 is 0 Å². The molecule has 0 heterocycles. The third-order valence-electron chi connectivity index (χ3n) is 6.82. The average molecular weight is 294 g/mol. The predicted molar refractivity (Wildman–Crippen MR) is 88.0 cm³/mol. The number of hydrogen-bond donors (Lipinski definition) is 2. The van der Waals surface area contributed by atoms with Gasteiger partial charge in [-0.3, -0.25) is 0 Å². The third-order valence-corrected chi connectivity index (χ3v) is 6.82. The van der Waals surface area contributed by atoms with Crippen LogP contribution in [0, 0.1) is 22.7 Å². The van der Waals surface area contributed by atoms with Crippen molar-refractivity contribution in [2.24, 2.45) is 22.7 Å². The molecule has 0 aromatic rings. The molecule has 0 bridgehead atoms. The Morgan fingerprint density at radius 3 is 2.38 bits per heavy atom. The van der Waals surface area contributed by atoms with Gasteiger partial charge >= 0.3 is 0 Å². The molecule has 2 fully saturated rings. The summed E-state index contributed by atoms with van der Waals surface area (Å²) in [4.78, 5) is 0. The molecule has 2 aliphatic rings. The maximum Gasteiger partial charge on any atom is 0.0801 e. The molecule has 5 atom stereocenters. The van der Waals surface area contributed by atoms with E-state index in [9.17, 15) is 10.2 Å². The molecule has 2 N–H and O–H groups in total. The van der Waals surface area contributed by atoms with Gasteiger partial charge in [0.2, 0.25) is 0 Å². The van der Waals surface area contributed by atoms with E-state index < -0.39 is 11.2 Å². The van der Waals surface area contributed by atoms with E-state index in [0.29, 0.717) is 17.8 Å². The summed E-state index contributed by atoms with van der Waals surface area (Å²) in [5.41, 5.74) is -1.15. The lowest BCUT2D eigenvalue weighted by atomic mass is 9.44. The summed E-state index contributed by atoms with van der Waals surface area (Å²) in [5, 5.41) is 21.5. The first-order valence-corrected chi connectivity index (χ1v) is 8.53. The standard InChI is InChI=1S/C19H34O2/c1-7-17(4,20)13-15-18(5)11-8-10-16(2,3)14(18)9-12-19(15,6)21/h7,14-15,20-21H,1,8-13H2,2-6H3/t14-,15+,17-,18-,19-/m1/s1. The van der Waals surface area contributed by atoms with Gasteiger partial charge in [-0.2, -0.15) is 0 Å². The first-order chi connectivity index (χ1) is 9.45. The highest BCUT2D eigenvalue weighted by Gasteiger charge is 2.58. The van der Waals surface area contributed by atoms with Gasteiger partial charge in [-0.05, 0) is 68.6 Å². The maximum atomic E-state index is 11.0. The van der Waals surface area contributed by atoms with Crippen molar-refractivity contribution in [3.05, 3.63) is 12.7 Å². The fourth-order valence-electron chi connectivity index (χ4n) is 5.57. The second-order valence-corrected chi connectivity index (χ2v) is 9.11. The van der Waals surface area contributed by atoms with Crippen molar-refractivity contribution < 1.29 is 10.2 Å². The maximum absolute atomic E-state index is 11.0. The van der Waals surface area contributed by atoms with Gasteiger partial charge in [0, 0.05) is 0 Å². The highest BCUT2D eigenvalue weighted by Crippen LogP contribution is 2.63. The summed E-state index contributed by atoms with van der Waals surface area (Å²) in [6.07, 6.45) is 7.84. The largest absolute Gasteiger partial charge is 0.390 e. The van der Waals surface area contributed by atoms with Crippen LogP contribution in [-0.4, -0.2) is 21.4 Å². The number of fused-ring (bicyclic) bond motifs is 1. The van der Waals surface area contributed by atoms with Crippen LogP contribution in [0.5, 0.6) is 0 Å². The van der Waals surface area contributed by atoms with Crippen molar-refractivity contribution in [2.75, 3.05) is 0 Å². The third kappa shape index (κ3) is 2.94. The molecular formula is C19H34O2. The van der Waals surface area contributed by atoms with Gasteiger partial charge in [-0.15, -0.1) is 6.58 Å². The zero-order valence-electron chi connectivity index (χ0n) is 14.6. The van der Waals surface area contributed by atoms with Gasteiger partial charge in [0.25, 0.3) is 0 Å². The Hall–Kier alpha value is -0.340. The smallest absolute Gasteiger partial charge is 0.0801 e. The molecule has 0 aromatic heterocycles. The lowest BCUT2D eigenvalue weighted by Crippen LogP contribution is -2.58. The lowest BCUT2D eigenvalue weighted by molar-refractivity contribution is -0.180. The molecule has 2 saturated carbocycles. The summed E-state index contributed by atoms with van der Waals surface area (Å²) in [5.74, 6) is 0.751. The first kappa shape index (κ1) is 17.0. The van der Waals surface area contributed by atoms with Crippen LogP contribution in [0.2, 0.25) is 0 Å². The van der Waals surface area contributed by atoms with Crippen molar-refractivity contribution in [3.8, 4) is 0 Å². The van der Waals surface area contributed by atoms with Gasteiger partial charge in [0.05, 0.1) is 11.2 Å². The van der Waals surface area contributed by atoms with Crippen LogP contribution >= 0.6 is 0 Å². The number of aliphatic hydroxyl groups is 2. The van der Waals surface area contributed by atoms with E-state index in [1.807, 2.05) is 13.8 Å². The van der Waals surface area contributed by atoms with E-state index in [0.717, 1.165) is 19.3 Å². The Bertz CT molecular complexity index is 408. The van der Waals surface area contributed by atoms with Gasteiger partial charge < -0.3 is 10.2 Å². The number of rotatable bonds is 3. The van der Waals surface area contributed by atoms with Crippen molar-refractivity contribution in [1.29, 1.82) is 0 Å². The molecule has 0 amide bonds. The Morgan fingerprint density at radius 2 is 1.81 bits per heavy atom. The van der Waals surface area contributed by atoms with Crippen LogP contribution in [0.15, 0.2) is 12.7 Å². The Balaban J connectivity index is 2.39. The van der Waals surface area contributed by atoms with E-state index in [2.05, 4.69) is 27.4 Å². The van der Waals surface area contributed by atoms with Gasteiger partial charge in [-0.25, -0.2) is 0 Å². The quantitative estimate of drug-likeness (QED) is 0.762. The van der Waals surface area contributed by atoms with Crippen molar-refractivity contribution in [2.45, 2.75) is 84.3 Å². The normalized spacial score (nSPS) is 45.5. The fourth-order valence-corrected chi connectivity index (χ4v) is 5.57. The molecule has 2 heteroatoms. The van der Waals surface area contributed by atoms with Crippen molar-refractivity contribution in [3.63, 3.8) is 0 Å². The molecule has 0 unspecified atom stereocenters. The van der Waals surface area contributed by atoms with Crippen LogP contribution in [0.25, 0.3) is 0 Å². The molecule has 122 valence electrons. The average Bonchev–Trinajstić information content (AvgIpc) is 2.33. The van der Waals surface area contributed by atoms with Gasteiger partial charge in [0.1, 0.15) is 0 Å². The summed E-state index contributed by atoms with van der Waals surface area (Å²) >= 11 is 0. The van der Waals surface area contributed by atoms with Crippen molar-refractivity contribution >= 4 is 0 Å². The predicted octanol–water partition coefficient (Wildman–Crippen LogP) is 4.31. The Kier molecular flexibility index (Phi) is 4.13. The fraction of sp³-hybridized carbons (Fsp3) is 0.895. The zero-order valence-corrected chi connectivity index (χ0v) is 14.6.